The van der Waals surface area contributed by atoms with Crippen LogP contribution in [-0.2, 0) is 9.59 Å². The number of para-hydroxylation sites is 1. The predicted octanol–water partition coefficient (Wildman–Crippen LogP) is 0.280. The number of carbonyl (C=O) groups is 3. The molecule has 8 nitrogen and oxygen atoms in total. The molecule has 0 saturated carbocycles. The van der Waals surface area contributed by atoms with E-state index in [-0.39, 0.29) is 36.5 Å². The second-order valence-electron chi connectivity index (χ2n) is 6.17. The highest BCUT2D eigenvalue weighted by molar-refractivity contribution is 6.04. The van der Waals surface area contributed by atoms with Gasteiger partial charge in [-0.1, -0.05) is 6.07 Å². The number of amides is 2. The number of nitrogens with one attached hydrogen (secondary N) is 1. The smallest absolute Gasteiger partial charge is 0.308 e. The third-order valence-corrected chi connectivity index (χ3v) is 4.29. The lowest BCUT2D eigenvalue weighted by molar-refractivity contribution is -0.143. The largest absolute Gasteiger partial charge is 0.481 e. The molecule has 1 aromatic rings. The molecule has 24 heavy (non-hydrogen) atoms. The molecule has 1 saturated heterocycles. The average molecular weight is 333 g/mol. The molecule has 3 rings (SSSR count). The van der Waals surface area contributed by atoms with Gasteiger partial charge in [0.1, 0.15) is 0 Å². The Hall–Kier alpha value is -2.61. The Morgan fingerprint density at radius 2 is 2.12 bits per heavy atom. The van der Waals surface area contributed by atoms with Crippen molar-refractivity contribution in [2.24, 2.45) is 11.7 Å². The van der Waals surface area contributed by atoms with Crippen molar-refractivity contribution in [1.29, 1.82) is 0 Å². The fraction of sp³-hybridized carbons (Fsp3) is 0.438. The molecule has 2 aliphatic rings. The molecule has 0 aliphatic carbocycles. The monoisotopic (exact) mass is 333 g/mol. The Kier molecular flexibility index (Phi) is 4.15. The summed E-state index contributed by atoms with van der Waals surface area (Å²) in [6.45, 7) is 1.98. The van der Waals surface area contributed by atoms with Crippen LogP contribution in [-0.4, -0.2) is 53.0 Å². The summed E-state index contributed by atoms with van der Waals surface area (Å²) >= 11 is 0. The van der Waals surface area contributed by atoms with Crippen LogP contribution in [0.25, 0.3) is 0 Å². The van der Waals surface area contributed by atoms with Gasteiger partial charge in [0, 0.05) is 19.1 Å². The van der Waals surface area contributed by atoms with Gasteiger partial charge in [0.15, 0.2) is 11.9 Å². The second-order valence-corrected chi connectivity index (χ2v) is 6.17. The zero-order valence-corrected chi connectivity index (χ0v) is 13.2. The number of piperidine rings is 1. The molecule has 1 aromatic carbocycles. The fourth-order valence-corrected chi connectivity index (χ4v) is 3.05. The van der Waals surface area contributed by atoms with Gasteiger partial charge in [-0.2, -0.15) is 0 Å². The van der Waals surface area contributed by atoms with E-state index >= 15 is 0 Å². The predicted molar refractivity (Wildman–Crippen MR) is 84.8 cm³/mol. The van der Waals surface area contributed by atoms with Crippen molar-refractivity contribution < 1.29 is 24.2 Å². The van der Waals surface area contributed by atoms with E-state index in [2.05, 4.69) is 5.32 Å². The number of carboxylic acid groups (broad SMARTS) is 1. The molecule has 0 spiro atoms. The van der Waals surface area contributed by atoms with Crippen molar-refractivity contribution in [3.63, 3.8) is 0 Å². The summed E-state index contributed by atoms with van der Waals surface area (Å²) in [5.41, 5.74) is 6.62. The van der Waals surface area contributed by atoms with Crippen LogP contribution < -0.4 is 15.8 Å². The number of fused-ring (bicyclic) bond motifs is 1. The number of benzene rings is 1. The van der Waals surface area contributed by atoms with E-state index in [9.17, 15) is 19.5 Å². The van der Waals surface area contributed by atoms with E-state index in [1.54, 1.807) is 25.1 Å². The first-order valence-electron chi connectivity index (χ1n) is 7.75. The first-order chi connectivity index (χ1) is 11.4. The highest BCUT2D eigenvalue weighted by Gasteiger charge is 2.35. The Balaban J connectivity index is 1.89. The summed E-state index contributed by atoms with van der Waals surface area (Å²) in [6, 6.07) is 4.51. The van der Waals surface area contributed by atoms with Crippen LogP contribution in [0.1, 0.15) is 23.7 Å². The summed E-state index contributed by atoms with van der Waals surface area (Å²) in [5.74, 6) is -1.97. The summed E-state index contributed by atoms with van der Waals surface area (Å²) in [4.78, 5) is 37.2. The number of nitrogens with zero attached hydrogens (tertiary/aromatic N) is 1. The van der Waals surface area contributed by atoms with Gasteiger partial charge >= 0.3 is 5.97 Å². The summed E-state index contributed by atoms with van der Waals surface area (Å²) in [5, 5.41) is 11.9. The maximum atomic E-state index is 12.9. The first kappa shape index (κ1) is 16.3. The number of carbonyl (C=O) groups excluding carboxylic acids is 2. The maximum Gasteiger partial charge on any atom is 0.308 e. The van der Waals surface area contributed by atoms with Crippen molar-refractivity contribution in [2.45, 2.75) is 25.5 Å². The molecule has 1 fully saturated rings. The third kappa shape index (κ3) is 2.92. The average Bonchev–Trinajstić information content (AvgIpc) is 2.54. The minimum atomic E-state index is -0.963. The van der Waals surface area contributed by atoms with Crippen LogP contribution in [0.3, 0.4) is 0 Å². The summed E-state index contributed by atoms with van der Waals surface area (Å²) < 4.78 is 5.58. The van der Waals surface area contributed by atoms with Gasteiger partial charge in [0.05, 0.1) is 17.2 Å². The molecule has 3 unspecified atom stereocenters. The molecular formula is C16H19N3O5. The normalized spacial score (nSPS) is 26.2. The molecule has 2 amide bonds. The van der Waals surface area contributed by atoms with Crippen molar-refractivity contribution in [3.8, 4) is 5.75 Å². The van der Waals surface area contributed by atoms with Crippen LogP contribution in [0.2, 0.25) is 0 Å². The number of anilines is 1. The SMILES string of the molecule is CC1Oc2c(cccc2C(=O)N2CC(N)CC(C(=O)O)C2)NC1=O. The highest BCUT2D eigenvalue weighted by Crippen LogP contribution is 2.34. The van der Waals surface area contributed by atoms with Crippen LogP contribution in [0.4, 0.5) is 5.69 Å². The number of hydrogen-bond donors (Lipinski definition) is 3. The van der Waals surface area contributed by atoms with Gasteiger partial charge in [-0.05, 0) is 25.5 Å². The second kappa shape index (κ2) is 6.12. The van der Waals surface area contributed by atoms with E-state index < -0.39 is 18.0 Å². The lowest BCUT2D eigenvalue weighted by Gasteiger charge is -2.35. The number of hydrogen-bond acceptors (Lipinski definition) is 5. The van der Waals surface area contributed by atoms with Crippen molar-refractivity contribution in [1.82, 2.24) is 4.90 Å². The van der Waals surface area contributed by atoms with Crippen LogP contribution >= 0.6 is 0 Å². The molecule has 2 aliphatic heterocycles. The molecular weight excluding hydrogens is 314 g/mol. The lowest BCUT2D eigenvalue weighted by atomic mass is 9.94. The number of carboxylic acids is 1. The molecule has 0 bridgehead atoms. The minimum Gasteiger partial charge on any atom is -0.481 e. The van der Waals surface area contributed by atoms with E-state index in [1.165, 1.54) is 4.90 Å². The molecule has 2 heterocycles. The van der Waals surface area contributed by atoms with Gasteiger partial charge in [0.2, 0.25) is 0 Å². The number of nitrogens with two attached hydrogens (primary N) is 1. The molecule has 8 heteroatoms. The molecule has 0 radical (unpaired) electrons. The minimum absolute atomic E-state index is 0.105. The van der Waals surface area contributed by atoms with E-state index in [4.69, 9.17) is 10.5 Å². The van der Waals surface area contributed by atoms with Crippen molar-refractivity contribution in [2.75, 3.05) is 18.4 Å². The number of likely N-dealkylation sites (tertiary alicyclic amines) is 1. The van der Waals surface area contributed by atoms with Crippen LogP contribution in [0.15, 0.2) is 18.2 Å². The van der Waals surface area contributed by atoms with Crippen LogP contribution in [0.5, 0.6) is 5.75 Å². The Bertz CT molecular complexity index is 705. The topological polar surface area (TPSA) is 122 Å². The zero-order valence-electron chi connectivity index (χ0n) is 13.2. The molecule has 128 valence electrons. The van der Waals surface area contributed by atoms with E-state index in [0.29, 0.717) is 17.9 Å². The highest BCUT2D eigenvalue weighted by atomic mass is 16.5. The Morgan fingerprint density at radius 1 is 1.38 bits per heavy atom. The number of aliphatic carboxylic acids is 1. The van der Waals surface area contributed by atoms with Gasteiger partial charge in [-0.25, -0.2) is 0 Å². The van der Waals surface area contributed by atoms with Crippen molar-refractivity contribution >= 4 is 23.5 Å². The summed E-state index contributed by atoms with van der Waals surface area (Å²) in [6.07, 6.45) is -0.364. The number of rotatable bonds is 2. The lowest BCUT2D eigenvalue weighted by Crippen LogP contribution is -2.51. The van der Waals surface area contributed by atoms with Gasteiger partial charge in [0.25, 0.3) is 11.8 Å². The first-order valence-corrected chi connectivity index (χ1v) is 7.75. The fourth-order valence-electron chi connectivity index (χ4n) is 3.05. The molecule has 0 aromatic heterocycles. The molecule has 3 atom stereocenters. The Morgan fingerprint density at radius 3 is 2.83 bits per heavy atom. The van der Waals surface area contributed by atoms with Crippen molar-refractivity contribution in [3.05, 3.63) is 23.8 Å². The summed E-state index contributed by atoms with van der Waals surface area (Å²) in [7, 11) is 0. The van der Waals surface area contributed by atoms with Crippen LogP contribution in [0, 0.1) is 5.92 Å². The zero-order chi connectivity index (χ0) is 17.4. The van der Waals surface area contributed by atoms with Gasteiger partial charge in [-0.3, -0.25) is 14.4 Å². The van der Waals surface area contributed by atoms with Gasteiger partial charge in [-0.15, -0.1) is 0 Å². The number of ether oxygens (including phenoxy) is 1. The standard InChI is InChI=1S/C16H19N3O5/c1-8-14(20)18-12-4-2-3-11(13(12)24-8)15(21)19-6-9(16(22)23)5-10(17)7-19/h2-4,8-10H,5-7,17H2,1H3,(H,18,20)(H,22,23). The maximum absolute atomic E-state index is 12.9. The van der Waals surface area contributed by atoms with E-state index in [1.807, 2.05) is 0 Å². The third-order valence-electron chi connectivity index (χ3n) is 4.29. The van der Waals surface area contributed by atoms with E-state index in [0.717, 1.165) is 0 Å². The molecule has 4 N–H and O–H groups in total. The Labute approximate surface area is 138 Å². The quantitative estimate of drug-likeness (QED) is 0.714. The van der Waals surface area contributed by atoms with Gasteiger partial charge < -0.3 is 25.8 Å².